The molecule has 0 aromatic heterocycles. The molecule has 1 aromatic rings. The van der Waals surface area contributed by atoms with Crippen LogP contribution in [0.15, 0.2) is 23.1 Å². The third kappa shape index (κ3) is 3.79. The van der Waals surface area contributed by atoms with Gasteiger partial charge in [-0.15, -0.1) is 0 Å². The molecule has 0 unspecified atom stereocenters. The van der Waals surface area contributed by atoms with Gasteiger partial charge in [0, 0.05) is 12.6 Å². The Morgan fingerprint density at radius 3 is 2.54 bits per heavy atom. The zero-order valence-electron chi connectivity index (χ0n) is 13.6. The number of sulfonamides is 1. The van der Waals surface area contributed by atoms with Crippen molar-refractivity contribution < 1.29 is 26.7 Å². The fraction of sp³-hybridized carbons (Fsp3) is 0.533. The van der Waals surface area contributed by atoms with E-state index in [2.05, 4.69) is 0 Å². The van der Waals surface area contributed by atoms with E-state index in [9.17, 15) is 21.6 Å². The molecule has 0 amide bonds. The molecular weight excluding hydrogens is 354 g/mol. The van der Waals surface area contributed by atoms with Crippen molar-refractivity contribution in [2.24, 2.45) is 0 Å². The van der Waals surface area contributed by atoms with E-state index < -0.39 is 31.9 Å². The Bertz CT molecular complexity index is 845. The Morgan fingerprint density at radius 1 is 1.38 bits per heavy atom. The molecule has 134 valence electrons. The minimum absolute atomic E-state index is 0.0262. The van der Waals surface area contributed by atoms with Crippen LogP contribution in [-0.4, -0.2) is 56.3 Å². The minimum Gasteiger partial charge on any atom is -0.478 e. The van der Waals surface area contributed by atoms with Crippen LogP contribution < -0.4 is 0 Å². The van der Waals surface area contributed by atoms with Gasteiger partial charge in [0.2, 0.25) is 10.0 Å². The van der Waals surface area contributed by atoms with E-state index in [-0.39, 0.29) is 34.9 Å². The van der Waals surface area contributed by atoms with E-state index in [0.29, 0.717) is 12.0 Å². The molecule has 1 fully saturated rings. The number of aromatic carboxylic acids is 1. The Labute approximate surface area is 142 Å². The highest BCUT2D eigenvalue weighted by Gasteiger charge is 2.38. The molecule has 0 radical (unpaired) electrons. The van der Waals surface area contributed by atoms with Gasteiger partial charge in [0.25, 0.3) is 0 Å². The van der Waals surface area contributed by atoms with Crippen molar-refractivity contribution in [1.82, 2.24) is 4.31 Å². The summed E-state index contributed by atoms with van der Waals surface area (Å²) in [6, 6.07) is 3.33. The van der Waals surface area contributed by atoms with Gasteiger partial charge in [0.05, 0.1) is 22.0 Å². The number of carboxylic acid groups (broad SMARTS) is 1. The molecule has 0 aliphatic carbocycles. The monoisotopic (exact) mass is 375 g/mol. The summed E-state index contributed by atoms with van der Waals surface area (Å²) >= 11 is 0. The summed E-state index contributed by atoms with van der Waals surface area (Å²) in [4.78, 5) is 11.1. The van der Waals surface area contributed by atoms with Gasteiger partial charge in [-0.25, -0.2) is 21.6 Å². The van der Waals surface area contributed by atoms with Gasteiger partial charge in [-0.3, -0.25) is 0 Å². The van der Waals surface area contributed by atoms with Crippen molar-refractivity contribution in [1.29, 1.82) is 0 Å². The molecule has 2 rings (SSSR count). The fourth-order valence-corrected chi connectivity index (χ4v) is 6.68. The zero-order valence-corrected chi connectivity index (χ0v) is 15.2. The van der Waals surface area contributed by atoms with Crippen molar-refractivity contribution in [3.8, 4) is 0 Å². The molecule has 0 saturated carbocycles. The molecule has 1 aliphatic rings. The highest BCUT2D eigenvalue weighted by Crippen LogP contribution is 2.27. The second-order valence-electron chi connectivity index (χ2n) is 5.96. The number of carbonyl (C=O) groups is 1. The van der Waals surface area contributed by atoms with Gasteiger partial charge in [-0.05, 0) is 37.5 Å². The Balaban J connectivity index is 2.49. The van der Waals surface area contributed by atoms with Crippen molar-refractivity contribution >= 4 is 25.8 Å². The number of sulfone groups is 1. The molecule has 24 heavy (non-hydrogen) atoms. The number of carboxylic acids is 1. The van der Waals surface area contributed by atoms with E-state index in [1.807, 2.05) is 6.92 Å². The first kappa shape index (κ1) is 18.9. The van der Waals surface area contributed by atoms with Crippen molar-refractivity contribution in [3.63, 3.8) is 0 Å². The fourth-order valence-electron chi connectivity index (χ4n) is 2.86. The molecular formula is C15H21NO6S2. The summed E-state index contributed by atoms with van der Waals surface area (Å²) in [5.74, 6) is -1.43. The smallest absolute Gasteiger partial charge is 0.335 e. The van der Waals surface area contributed by atoms with E-state index >= 15 is 0 Å². The highest BCUT2D eigenvalue weighted by atomic mass is 32.2. The maximum Gasteiger partial charge on any atom is 0.335 e. The zero-order chi connectivity index (χ0) is 18.1. The van der Waals surface area contributed by atoms with Crippen molar-refractivity contribution in [2.45, 2.75) is 37.6 Å². The van der Waals surface area contributed by atoms with Crippen LogP contribution in [0.2, 0.25) is 0 Å². The number of nitrogens with zero attached hydrogens (tertiary/aromatic N) is 1. The standard InChI is InChI=1S/C15H21NO6S2/c1-3-7-16(13-6-8-23(19,20)10-13)24(21,22)14-9-12(15(17)18)5-4-11(14)2/h4-5,9,13H,3,6-8,10H2,1-2H3,(H,17,18)/t13-/m0/s1. The predicted molar refractivity (Wildman–Crippen MR) is 89.4 cm³/mol. The largest absolute Gasteiger partial charge is 0.478 e. The quantitative estimate of drug-likeness (QED) is 0.802. The summed E-state index contributed by atoms with van der Waals surface area (Å²) in [6.45, 7) is 3.60. The van der Waals surface area contributed by atoms with Gasteiger partial charge in [0.15, 0.2) is 9.84 Å². The van der Waals surface area contributed by atoms with E-state index in [0.717, 1.165) is 6.07 Å². The van der Waals surface area contributed by atoms with Crippen LogP contribution in [0.25, 0.3) is 0 Å². The number of hydrogen-bond acceptors (Lipinski definition) is 5. The molecule has 9 heteroatoms. The third-order valence-corrected chi connectivity index (χ3v) is 7.93. The lowest BCUT2D eigenvalue weighted by Crippen LogP contribution is -2.41. The van der Waals surface area contributed by atoms with Gasteiger partial charge >= 0.3 is 5.97 Å². The van der Waals surface area contributed by atoms with Crippen LogP contribution in [0.1, 0.15) is 35.7 Å². The molecule has 1 aliphatic heterocycles. The maximum absolute atomic E-state index is 13.1. The average molecular weight is 375 g/mol. The third-order valence-electron chi connectivity index (χ3n) is 4.08. The first-order chi connectivity index (χ1) is 11.1. The van der Waals surface area contributed by atoms with E-state index in [4.69, 9.17) is 5.11 Å². The first-order valence-electron chi connectivity index (χ1n) is 7.64. The Morgan fingerprint density at radius 2 is 2.04 bits per heavy atom. The maximum atomic E-state index is 13.1. The number of aryl methyl sites for hydroxylation is 1. The second-order valence-corrected chi connectivity index (χ2v) is 10.0. The van der Waals surface area contributed by atoms with E-state index in [1.54, 1.807) is 6.92 Å². The van der Waals surface area contributed by atoms with Gasteiger partial charge in [-0.2, -0.15) is 4.31 Å². The molecule has 7 nitrogen and oxygen atoms in total. The second kappa shape index (κ2) is 6.81. The molecule has 1 atom stereocenters. The molecule has 1 saturated heterocycles. The Kier molecular flexibility index (Phi) is 5.36. The van der Waals surface area contributed by atoms with Crippen LogP contribution in [0.3, 0.4) is 0 Å². The number of rotatable bonds is 6. The predicted octanol–water partition coefficient (Wildman–Crippen LogP) is 1.28. The summed E-state index contributed by atoms with van der Waals surface area (Å²) in [5, 5.41) is 9.10. The van der Waals surface area contributed by atoms with Crippen LogP contribution >= 0.6 is 0 Å². The number of benzene rings is 1. The average Bonchev–Trinajstić information content (AvgIpc) is 2.84. The van der Waals surface area contributed by atoms with Crippen molar-refractivity contribution in [2.75, 3.05) is 18.1 Å². The van der Waals surface area contributed by atoms with Gasteiger partial charge in [0.1, 0.15) is 0 Å². The summed E-state index contributed by atoms with van der Waals surface area (Å²) in [5.41, 5.74) is 0.316. The first-order valence-corrected chi connectivity index (χ1v) is 10.9. The molecule has 0 spiro atoms. The highest BCUT2D eigenvalue weighted by molar-refractivity contribution is 7.92. The van der Waals surface area contributed by atoms with Crippen LogP contribution in [0.4, 0.5) is 0 Å². The molecule has 1 aromatic carbocycles. The lowest BCUT2D eigenvalue weighted by Gasteiger charge is -2.27. The van der Waals surface area contributed by atoms with Crippen molar-refractivity contribution in [3.05, 3.63) is 29.3 Å². The van der Waals surface area contributed by atoms with Crippen LogP contribution in [0.5, 0.6) is 0 Å². The molecule has 1 N–H and O–H groups in total. The summed E-state index contributed by atoms with van der Waals surface area (Å²) in [6.07, 6.45) is 0.798. The minimum atomic E-state index is -3.98. The lowest BCUT2D eigenvalue weighted by molar-refractivity contribution is 0.0696. The SMILES string of the molecule is CCCN([C@H]1CCS(=O)(=O)C1)S(=O)(=O)c1cc(C(=O)O)ccc1C. The topological polar surface area (TPSA) is 109 Å². The van der Waals surface area contributed by atoms with Crippen LogP contribution in [0, 0.1) is 6.92 Å². The lowest BCUT2D eigenvalue weighted by atomic mass is 10.1. The normalized spacial score (nSPS) is 20.4. The van der Waals surface area contributed by atoms with Gasteiger partial charge in [-0.1, -0.05) is 13.0 Å². The molecule has 1 heterocycles. The van der Waals surface area contributed by atoms with Crippen LogP contribution in [-0.2, 0) is 19.9 Å². The van der Waals surface area contributed by atoms with Gasteiger partial charge < -0.3 is 5.11 Å². The summed E-state index contributed by atoms with van der Waals surface area (Å²) in [7, 11) is -7.21. The molecule has 0 bridgehead atoms. The van der Waals surface area contributed by atoms with E-state index in [1.165, 1.54) is 16.4 Å². The Hall–Kier alpha value is -1.45. The summed E-state index contributed by atoms with van der Waals surface area (Å²) < 4.78 is 50.8. The number of hydrogen-bond donors (Lipinski definition) is 1.